The zero-order valence-corrected chi connectivity index (χ0v) is 14.5. The van der Waals surface area contributed by atoms with Gasteiger partial charge in [0, 0.05) is 33.1 Å². The molecule has 1 aromatic rings. The summed E-state index contributed by atoms with van der Waals surface area (Å²) in [5.74, 6) is 0.487. The molecule has 1 aromatic carbocycles. The summed E-state index contributed by atoms with van der Waals surface area (Å²) >= 11 is 0. The number of amides is 2. The van der Waals surface area contributed by atoms with Crippen LogP contribution in [0.1, 0.15) is 12.5 Å². The van der Waals surface area contributed by atoms with Gasteiger partial charge in [-0.3, -0.25) is 9.59 Å². The van der Waals surface area contributed by atoms with Crippen LogP contribution in [0.5, 0.6) is 5.75 Å². The fourth-order valence-electron chi connectivity index (χ4n) is 1.91. The lowest BCUT2D eigenvalue weighted by molar-refractivity contribution is -0.129. The number of nitrogens with one attached hydrogen (secondary N) is 1. The van der Waals surface area contributed by atoms with E-state index in [4.69, 9.17) is 4.74 Å². The maximum atomic E-state index is 11.8. The molecule has 0 radical (unpaired) electrons. The molecular weight excluding hydrogens is 294 g/mol. The Bertz CT molecular complexity index is 500. The van der Waals surface area contributed by atoms with Crippen molar-refractivity contribution in [3.05, 3.63) is 29.8 Å². The van der Waals surface area contributed by atoms with Crippen molar-refractivity contribution in [2.75, 3.05) is 46.9 Å². The summed E-state index contributed by atoms with van der Waals surface area (Å²) in [5, 5.41) is 2.77. The van der Waals surface area contributed by atoms with E-state index in [1.165, 1.54) is 6.92 Å². The second-order valence-corrected chi connectivity index (χ2v) is 5.76. The molecule has 2 amide bonds. The zero-order chi connectivity index (χ0) is 17.2. The number of rotatable bonds is 9. The lowest BCUT2D eigenvalue weighted by atomic mass is 10.2. The molecule has 1 rings (SSSR count). The molecule has 0 aliphatic carbocycles. The number of carbonyl (C=O) groups excluding carboxylic acids is 2. The smallest absolute Gasteiger partial charge is 0.258 e. The molecule has 0 aliphatic heterocycles. The highest BCUT2D eigenvalue weighted by molar-refractivity contribution is 5.77. The molecule has 6 nitrogen and oxygen atoms in total. The third-order valence-corrected chi connectivity index (χ3v) is 3.36. The standard InChI is InChI=1S/C17H27N3O3/c1-14-5-7-16(8-6-14)23-13-17(22)18-9-10-20(15(2)21)12-11-19(3)4/h5-8H,9-13H2,1-4H3,(H,18,22). The summed E-state index contributed by atoms with van der Waals surface area (Å²) in [6.45, 7) is 5.87. The van der Waals surface area contributed by atoms with Crippen LogP contribution in [0.2, 0.25) is 0 Å². The van der Waals surface area contributed by atoms with Gasteiger partial charge in [0.05, 0.1) is 0 Å². The third kappa shape index (κ3) is 8.21. The van der Waals surface area contributed by atoms with Gasteiger partial charge in [-0.25, -0.2) is 0 Å². The second kappa shape index (κ2) is 9.84. The fourth-order valence-corrected chi connectivity index (χ4v) is 1.91. The molecule has 0 saturated carbocycles. The van der Waals surface area contributed by atoms with Gasteiger partial charge in [0.2, 0.25) is 5.91 Å². The Morgan fingerprint density at radius 1 is 1.09 bits per heavy atom. The van der Waals surface area contributed by atoms with Crippen molar-refractivity contribution in [3.8, 4) is 5.75 Å². The Morgan fingerprint density at radius 3 is 2.30 bits per heavy atom. The largest absolute Gasteiger partial charge is 0.484 e. The first kappa shape index (κ1) is 19.0. The van der Waals surface area contributed by atoms with Crippen LogP contribution in [-0.2, 0) is 9.59 Å². The monoisotopic (exact) mass is 321 g/mol. The molecule has 23 heavy (non-hydrogen) atoms. The summed E-state index contributed by atoms with van der Waals surface area (Å²) in [7, 11) is 3.92. The van der Waals surface area contributed by atoms with E-state index in [0.29, 0.717) is 25.4 Å². The van der Waals surface area contributed by atoms with Crippen molar-refractivity contribution < 1.29 is 14.3 Å². The maximum absolute atomic E-state index is 11.8. The minimum atomic E-state index is -0.193. The Hall–Kier alpha value is -2.08. The average molecular weight is 321 g/mol. The van der Waals surface area contributed by atoms with E-state index in [0.717, 1.165) is 12.1 Å². The van der Waals surface area contributed by atoms with Gasteiger partial charge < -0.3 is 19.9 Å². The topological polar surface area (TPSA) is 61.9 Å². The summed E-state index contributed by atoms with van der Waals surface area (Å²) in [5.41, 5.74) is 1.14. The lowest BCUT2D eigenvalue weighted by Crippen LogP contribution is -2.41. The van der Waals surface area contributed by atoms with Gasteiger partial charge in [0.25, 0.3) is 5.91 Å². The Labute approximate surface area is 138 Å². The Balaban J connectivity index is 2.26. The van der Waals surface area contributed by atoms with E-state index >= 15 is 0 Å². The first-order valence-electron chi connectivity index (χ1n) is 7.75. The molecule has 0 heterocycles. The average Bonchev–Trinajstić information content (AvgIpc) is 2.49. The zero-order valence-electron chi connectivity index (χ0n) is 14.5. The molecule has 128 valence electrons. The summed E-state index contributed by atoms with van der Waals surface area (Å²) in [4.78, 5) is 27.0. The molecule has 0 fully saturated rings. The van der Waals surface area contributed by atoms with Gasteiger partial charge >= 0.3 is 0 Å². The molecule has 1 N–H and O–H groups in total. The van der Waals surface area contributed by atoms with Crippen LogP contribution in [0.15, 0.2) is 24.3 Å². The highest BCUT2D eigenvalue weighted by atomic mass is 16.5. The number of aryl methyl sites for hydroxylation is 1. The van der Waals surface area contributed by atoms with E-state index in [1.54, 1.807) is 4.90 Å². The van der Waals surface area contributed by atoms with Crippen LogP contribution >= 0.6 is 0 Å². The lowest BCUT2D eigenvalue weighted by Gasteiger charge is -2.23. The van der Waals surface area contributed by atoms with Crippen molar-refractivity contribution >= 4 is 11.8 Å². The van der Waals surface area contributed by atoms with Gasteiger partial charge in [0.1, 0.15) is 5.75 Å². The molecule has 0 atom stereocenters. The van der Waals surface area contributed by atoms with Crippen LogP contribution < -0.4 is 10.1 Å². The predicted molar refractivity (Wildman–Crippen MR) is 90.5 cm³/mol. The number of nitrogens with zero attached hydrogens (tertiary/aromatic N) is 2. The third-order valence-electron chi connectivity index (χ3n) is 3.36. The second-order valence-electron chi connectivity index (χ2n) is 5.76. The number of likely N-dealkylation sites (N-methyl/N-ethyl adjacent to an activating group) is 1. The quantitative estimate of drug-likeness (QED) is 0.734. The van der Waals surface area contributed by atoms with E-state index in [2.05, 4.69) is 5.32 Å². The van der Waals surface area contributed by atoms with E-state index in [9.17, 15) is 9.59 Å². The van der Waals surface area contributed by atoms with Crippen molar-refractivity contribution in [1.29, 1.82) is 0 Å². The predicted octanol–water partition coefficient (Wildman–Crippen LogP) is 0.900. The van der Waals surface area contributed by atoms with Gasteiger partial charge in [-0.15, -0.1) is 0 Å². The van der Waals surface area contributed by atoms with Gasteiger partial charge in [-0.05, 0) is 33.2 Å². The molecular formula is C17H27N3O3. The first-order valence-corrected chi connectivity index (χ1v) is 7.75. The molecule has 0 unspecified atom stereocenters. The molecule has 0 spiro atoms. The van der Waals surface area contributed by atoms with Gasteiger partial charge in [-0.1, -0.05) is 17.7 Å². The highest BCUT2D eigenvalue weighted by Gasteiger charge is 2.09. The summed E-state index contributed by atoms with van der Waals surface area (Å²) in [6, 6.07) is 7.54. The normalized spacial score (nSPS) is 10.5. The number of hydrogen-bond acceptors (Lipinski definition) is 4. The number of benzene rings is 1. The van der Waals surface area contributed by atoms with Crippen LogP contribution in [0, 0.1) is 6.92 Å². The maximum Gasteiger partial charge on any atom is 0.258 e. The number of ether oxygens (including phenoxy) is 1. The van der Waals surface area contributed by atoms with Crippen molar-refractivity contribution in [1.82, 2.24) is 15.1 Å². The van der Waals surface area contributed by atoms with Crippen molar-refractivity contribution in [2.24, 2.45) is 0 Å². The minimum Gasteiger partial charge on any atom is -0.484 e. The number of hydrogen-bond donors (Lipinski definition) is 1. The SMILES string of the molecule is CC(=O)N(CCNC(=O)COc1ccc(C)cc1)CCN(C)C. The molecule has 0 saturated heterocycles. The van der Waals surface area contributed by atoms with E-state index in [1.807, 2.05) is 50.2 Å². The Morgan fingerprint density at radius 2 is 1.74 bits per heavy atom. The fraction of sp³-hybridized carbons (Fsp3) is 0.529. The van der Waals surface area contributed by atoms with Gasteiger partial charge in [0.15, 0.2) is 6.61 Å². The number of carbonyl (C=O) groups is 2. The Kier molecular flexibility index (Phi) is 8.11. The van der Waals surface area contributed by atoms with Crippen LogP contribution in [0.3, 0.4) is 0 Å². The van der Waals surface area contributed by atoms with Gasteiger partial charge in [-0.2, -0.15) is 0 Å². The first-order chi connectivity index (χ1) is 10.9. The summed E-state index contributed by atoms with van der Waals surface area (Å²) < 4.78 is 5.41. The molecule has 0 aliphatic rings. The molecule has 6 heteroatoms. The van der Waals surface area contributed by atoms with E-state index < -0.39 is 0 Å². The van der Waals surface area contributed by atoms with Crippen molar-refractivity contribution in [3.63, 3.8) is 0 Å². The van der Waals surface area contributed by atoms with Crippen LogP contribution in [0.4, 0.5) is 0 Å². The highest BCUT2D eigenvalue weighted by Crippen LogP contribution is 2.10. The minimum absolute atomic E-state index is 0.0111. The molecule has 0 bridgehead atoms. The molecule has 0 aromatic heterocycles. The van der Waals surface area contributed by atoms with Crippen LogP contribution in [-0.4, -0.2) is 68.5 Å². The van der Waals surface area contributed by atoms with E-state index in [-0.39, 0.29) is 18.4 Å². The summed E-state index contributed by atoms with van der Waals surface area (Å²) in [6.07, 6.45) is 0. The van der Waals surface area contributed by atoms with Crippen LogP contribution in [0.25, 0.3) is 0 Å². The van der Waals surface area contributed by atoms with Crippen molar-refractivity contribution in [2.45, 2.75) is 13.8 Å².